The zero-order valence-electron chi connectivity index (χ0n) is 21.2. The van der Waals surface area contributed by atoms with Crippen molar-refractivity contribution in [1.82, 2.24) is 25.9 Å². The Bertz CT molecular complexity index is 1510. The summed E-state index contributed by atoms with van der Waals surface area (Å²) >= 11 is 0. The van der Waals surface area contributed by atoms with E-state index in [2.05, 4.69) is 129 Å². The summed E-state index contributed by atoms with van der Waals surface area (Å²) in [5, 5.41) is 18.1. The van der Waals surface area contributed by atoms with E-state index in [0.29, 0.717) is 18.1 Å². The predicted molar refractivity (Wildman–Crippen MR) is 152 cm³/mol. The number of nitrogens with zero attached hydrogens (tertiary/aromatic N) is 3. The number of hydrogen-bond acceptors (Lipinski definition) is 5. The maximum Gasteiger partial charge on any atom is 0.183 e. The van der Waals surface area contributed by atoms with Crippen molar-refractivity contribution in [3.05, 3.63) is 162 Å². The van der Waals surface area contributed by atoms with E-state index in [9.17, 15) is 0 Å². The molecule has 6 heteroatoms. The van der Waals surface area contributed by atoms with Crippen molar-refractivity contribution in [2.45, 2.75) is 12.1 Å². The number of ether oxygens (including phenoxy) is 1. The second kappa shape index (κ2) is 11.1. The Morgan fingerprint density at radius 1 is 0.615 bits per heavy atom. The van der Waals surface area contributed by atoms with Gasteiger partial charge in [0, 0.05) is 6.54 Å². The molecule has 0 aliphatic heterocycles. The minimum Gasteiger partial charge on any atom is -0.457 e. The van der Waals surface area contributed by atoms with Crippen LogP contribution in [-0.4, -0.2) is 20.6 Å². The molecular weight excluding hydrogens is 482 g/mol. The Balaban J connectivity index is 1.29. The number of tetrazole rings is 1. The van der Waals surface area contributed by atoms with Gasteiger partial charge in [-0.25, -0.2) is 5.10 Å². The lowest BCUT2D eigenvalue weighted by atomic mass is 9.77. The molecule has 2 N–H and O–H groups in total. The van der Waals surface area contributed by atoms with Crippen molar-refractivity contribution >= 4 is 0 Å². The third kappa shape index (κ3) is 5.06. The monoisotopic (exact) mass is 509 g/mol. The average molecular weight is 510 g/mol. The maximum absolute atomic E-state index is 6.21. The Kier molecular flexibility index (Phi) is 6.93. The van der Waals surface area contributed by atoms with Gasteiger partial charge >= 0.3 is 0 Å². The number of H-pyrrole nitrogens is 1. The van der Waals surface area contributed by atoms with Crippen LogP contribution in [0.5, 0.6) is 11.5 Å². The summed E-state index contributed by atoms with van der Waals surface area (Å²) in [6.07, 6.45) is 0. The first-order valence-corrected chi connectivity index (χ1v) is 12.8. The van der Waals surface area contributed by atoms with E-state index in [1.807, 2.05) is 36.4 Å². The van der Waals surface area contributed by atoms with Gasteiger partial charge in [-0.3, -0.25) is 5.32 Å². The van der Waals surface area contributed by atoms with Crippen molar-refractivity contribution in [3.8, 4) is 22.9 Å². The molecule has 190 valence electrons. The second-order valence-corrected chi connectivity index (χ2v) is 9.19. The summed E-state index contributed by atoms with van der Waals surface area (Å²) in [7, 11) is 0. The Morgan fingerprint density at radius 2 is 1.15 bits per heavy atom. The highest BCUT2D eigenvalue weighted by Gasteiger charge is 2.35. The number of nitrogens with one attached hydrogen (secondary N) is 2. The molecule has 0 amide bonds. The number of benzene rings is 5. The van der Waals surface area contributed by atoms with Crippen molar-refractivity contribution in [2.75, 3.05) is 0 Å². The molecule has 0 unspecified atom stereocenters. The van der Waals surface area contributed by atoms with Crippen molar-refractivity contribution in [1.29, 1.82) is 0 Å². The van der Waals surface area contributed by atoms with Crippen molar-refractivity contribution in [3.63, 3.8) is 0 Å². The van der Waals surface area contributed by atoms with E-state index >= 15 is 0 Å². The van der Waals surface area contributed by atoms with Gasteiger partial charge in [0.25, 0.3) is 0 Å². The normalized spacial score (nSPS) is 11.3. The van der Waals surface area contributed by atoms with E-state index in [1.54, 1.807) is 0 Å². The molecule has 6 nitrogen and oxygen atoms in total. The van der Waals surface area contributed by atoms with E-state index in [1.165, 1.54) is 16.7 Å². The lowest BCUT2D eigenvalue weighted by molar-refractivity contribution is 0.469. The van der Waals surface area contributed by atoms with Crippen LogP contribution in [0.25, 0.3) is 11.4 Å². The molecule has 0 saturated heterocycles. The van der Waals surface area contributed by atoms with Crippen molar-refractivity contribution in [2.24, 2.45) is 0 Å². The number of aromatic nitrogens is 4. The van der Waals surface area contributed by atoms with E-state index in [-0.39, 0.29) is 0 Å². The molecule has 0 bridgehead atoms. The topological polar surface area (TPSA) is 75.7 Å². The minimum absolute atomic E-state index is 0.525. The van der Waals surface area contributed by atoms with Crippen LogP contribution in [0.2, 0.25) is 0 Å². The van der Waals surface area contributed by atoms with Crippen LogP contribution < -0.4 is 10.1 Å². The summed E-state index contributed by atoms with van der Waals surface area (Å²) in [5.74, 6) is 1.97. The summed E-state index contributed by atoms with van der Waals surface area (Å²) < 4.78 is 6.21. The van der Waals surface area contributed by atoms with Crippen LogP contribution in [0.1, 0.15) is 22.3 Å². The molecule has 39 heavy (non-hydrogen) atoms. The van der Waals surface area contributed by atoms with E-state index in [4.69, 9.17) is 4.74 Å². The molecule has 0 fully saturated rings. The number of hydrogen-bond donors (Lipinski definition) is 2. The van der Waals surface area contributed by atoms with E-state index in [0.717, 1.165) is 16.9 Å². The first kappa shape index (κ1) is 24.3. The molecule has 1 heterocycles. The number of para-hydroxylation sites is 1. The van der Waals surface area contributed by atoms with E-state index < -0.39 is 5.54 Å². The highest BCUT2D eigenvalue weighted by molar-refractivity contribution is 5.64. The highest BCUT2D eigenvalue weighted by Crippen LogP contribution is 2.37. The van der Waals surface area contributed by atoms with Gasteiger partial charge in [-0.2, -0.15) is 0 Å². The lowest BCUT2D eigenvalue weighted by Crippen LogP contribution is -2.44. The van der Waals surface area contributed by atoms with Crippen LogP contribution in [0.3, 0.4) is 0 Å². The molecule has 6 rings (SSSR count). The zero-order chi connectivity index (χ0) is 26.3. The first-order chi connectivity index (χ1) is 19.3. The molecule has 1 aromatic heterocycles. The first-order valence-electron chi connectivity index (χ1n) is 12.8. The third-order valence-corrected chi connectivity index (χ3v) is 6.82. The fourth-order valence-corrected chi connectivity index (χ4v) is 4.93. The lowest BCUT2D eigenvalue weighted by Gasteiger charge is -2.37. The Morgan fingerprint density at radius 3 is 1.69 bits per heavy atom. The highest BCUT2D eigenvalue weighted by atomic mass is 16.5. The van der Waals surface area contributed by atoms with Crippen LogP contribution >= 0.6 is 0 Å². The predicted octanol–water partition coefficient (Wildman–Crippen LogP) is 6.74. The van der Waals surface area contributed by atoms with Gasteiger partial charge in [0.05, 0.1) is 11.1 Å². The molecule has 6 aromatic rings. The minimum atomic E-state index is -0.525. The SMILES string of the molecule is c1ccc(C(NCc2ccc(Oc3ccccc3-c3nnn[nH]3)cc2)(c2ccccc2)c2ccccc2)cc1. The number of aromatic amines is 1. The van der Waals surface area contributed by atoms with Gasteiger partial charge < -0.3 is 4.74 Å². The summed E-state index contributed by atoms with van der Waals surface area (Å²) in [4.78, 5) is 0. The van der Waals surface area contributed by atoms with Crippen molar-refractivity contribution < 1.29 is 4.74 Å². The Labute approximate surface area is 227 Å². The van der Waals surface area contributed by atoms with Crippen LogP contribution in [0.4, 0.5) is 0 Å². The second-order valence-electron chi connectivity index (χ2n) is 9.19. The molecule has 0 atom stereocenters. The molecule has 0 aliphatic rings. The van der Waals surface area contributed by atoms with Crippen LogP contribution in [-0.2, 0) is 12.1 Å². The maximum atomic E-state index is 6.21. The van der Waals surface area contributed by atoms with Gasteiger partial charge in [-0.15, -0.1) is 5.10 Å². The van der Waals surface area contributed by atoms with Gasteiger partial charge in [-0.1, -0.05) is 115 Å². The largest absolute Gasteiger partial charge is 0.457 e. The standard InChI is InChI=1S/C33H27N5O/c1-4-12-26(13-5-1)33(27-14-6-2-7-15-27,28-16-8-3-9-17-28)34-24-25-20-22-29(23-21-25)39-31-19-11-10-18-30(31)32-35-37-38-36-32/h1-23,34H,24H2,(H,35,36,37,38). The van der Waals surface area contributed by atoms with Crippen LogP contribution in [0.15, 0.2) is 140 Å². The fraction of sp³-hybridized carbons (Fsp3) is 0.0606. The quantitative estimate of drug-likeness (QED) is 0.211. The molecule has 0 radical (unpaired) electrons. The Hall–Kier alpha value is -5.07. The van der Waals surface area contributed by atoms with Gasteiger partial charge in [0.2, 0.25) is 0 Å². The summed E-state index contributed by atoms with van der Waals surface area (Å²) in [6, 6.07) is 47.7. The van der Waals surface area contributed by atoms with Gasteiger partial charge in [0.1, 0.15) is 11.5 Å². The molecule has 0 saturated carbocycles. The van der Waals surface area contributed by atoms with Gasteiger partial charge in [-0.05, 0) is 56.9 Å². The van der Waals surface area contributed by atoms with Crippen LogP contribution in [0, 0.1) is 0 Å². The molecule has 0 spiro atoms. The number of rotatable bonds is 9. The van der Waals surface area contributed by atoms with Gasteiger partial charge in [0.15, 0.2) is 5.82 Å². The zero-order valence-corrected chi connectivity index (χ0v) is 21.2. The molecular formula is C33H27N5O. The summed E-state index contributed by atoms with van der Waals surface area (Å²) in [6.45, 7) is 0.652. The average Bonchev–Trinajstić information content (AvgIpc) is 3.55. The fourth-order valence-electron chi connectivity index (χ4n) is 4.93. The third-order valence-electron chi connectivity index (χ3n) is 6.82. The molecule has 0 aliphatic carbocycles. The summed E-state index contributed by atoms with van der Waals surface area (Å²) in [5.41, 5.74) is 4.96. The molecule has 5 aromatic carbocycles. The smallest absolute Gasteiger partial charge is 0.183 e.